The number of piperidine rings is 1. The number of aliphatic hydroxyl groups excluding tert-OH is 1. The first-order valence-corrected chi connectivity index (χ1v) is 8.28. The van der Waals surface area contributed by atoms with Crippen LogP contribution in [0.25, 0.3) is 0 Å². The molecular formula is C18H21NO4. The number of likely N-dealkylation sites (tertiary alicyclic amines) is 1. The van der Waals surface area contributed by atoms with Gasteiger partial charge in [-0.05, 0) is 11.6 Å². The zero-order valence-corrected chi connectivity index (χ0v) is 13.4. The van der Waals surface area contributed by atoms with Crippen molar-refractivity contribution >= 4 is 0 Å². The van der Waals surface area contributed by atoms with E-state index in [-0.39, 0.29) is 28.1 Å². The molecule has 1 aromatic rings. The number of benzene rings is 1. The Morgan fingerprint density at radius 1 is 1.39 bits per heavy atom. The molecule has 5 heteroatoms. The molecule has 0 amide bonds. The van der Waals surface area contributed by atoms with E-state index in [4.69, 9.17) is 9.47 Å². The monoisotopic (exact) mass is 315 g/mol. The van der Waals surface area contributed by atoms with Crippen molar-refractivity contribution in [2.75, 3.05) is 20.7 Å². The molecule has 1 spiro atoms. The van der Waals surface area contributed by atoms with Crippen molar-refractivity contribution in [1.82, 2.24) is 0 Å². The number of hydrogen-bond acceptors (Lipinski definition) is 4. The van der Waals surface area contributed by atoms with Gasteiger partial charge in [-0.1, -0.05) is 18.2 Å². The van der Waals surface area contributed by atoms with Gasteiger partial charge in [0, 0.05) is 24.3 Å². The summed E-state index contributed by atoms with van der Waals surface area (Å²) in [6, 6.07) is 3.99. The zero-order valence-electron chi connectivity index (χ0n) is 13.4. The fourth-order valence-electron chi connectivity index (χ4n) is 5.54. The highest BCUT2D eigenvalue weighted by Gasteiger charge is 2.66. The predicted molar refractivity (Wildman–Crippen MR) is 84.3 cm³/mol. The number of nitrogens with zero attached hydrogens (tertiary/aromatic N) is 1. The van der Waals surface area contributed by atoms with Crippen molar-refractivity contribution in [1.29, 1.82) is 0 Å². The van der Waals surface area contributed by atoms with Crippen molar-refractivity contribution in [3.05, 3.63) is 40.6 Å². The van der Waals surface area contributed by atoms with Gasteiger partial charge in [0.25, 0.3) is 0 Å². The van der Waals surface area contributed by atoms with Gasteiger partial charge in [-0.25, -0.2) is 0 Å². The minimum Gasteiger partial charge on any atom is -0.633 e. The minimum atomic E-state index is -0.640. The Hall–Kier alpha value is -1.56. The van der Waals surface area contributed by atoms with Crippen LogP contribution in [0.5, 0.6) is 11.5 Å². The Morgan fingerprint density at radius 3 is 3.00 bits per heavy atom. The van der Waals surface area contributed by atoms with Crippen LogP contribution in [0.2, 0.25) is 0 Å². The van der Waals surface area contributed by atoms with Crippen molar-refractivity contribution < 1.29 is 19.2 Å². The summed E-state index contributed by atoms with van der Waals surface area (Å²) in [7, 11) is 3.43. The summed E-state index contributed by atoms with van der Waals surface area (Å²) in [5.74, 6) is 1.62. The van der Waals surface area contributed by atoms with Crippen LogP contribution in [0.1, 0.15) is 17.5 Å². The Bertz CT molecular complexity index is 728. The highest BCUT2D eigenvalue weighted by atomic mass is 16.5. The van der Waals surface area contributed by atoms with E-state index in [2.05, 4.69) is 12.1 Å². The number of aliphatic hydroxyl groups is 1. The first-order chi connectivity index (χ1) is 11.0. The third kappa shape index (κ3) is 1.44. The maximum Gasteiger partial charge on any atom is 0.165 e. The third-order valence-electron chi connectivity index (χ3n) is 6.58. The number of hydrogen-bond donors (Lipinski definition) is 1. The van der Waals surface area contributed by atoms with Gasteiger partial charge < -0.3 is 24.4 Å². The Labute approximate surface area is 135 Å². The maximum atomic E-state index is 13.0. The normalized spacial score (nSPS) is 45.4. The van der Waals surface area contributed by atoms with Gasteiger partial charge in [-0.15, -0.1) is 0 Å². The lowest BCUT2D eigenvalue weighted by molar-refractivity contribution is -0.898. The van der Waals surface area contributed by atoms with Crippen molar-refractivity contribution in [3.8, 4) is 11.5 Å². The fourth-order valence-corrected chi connectivity index (χ4v) is 5.54. The van der Waals surface area contributed by atoms with Gasteiger partial charge in [-0.2, -0.15) is 0 Å². The minimum absolute atomic E-state index is 0.00885. The lowest BCUT2D eigenvalue weighted by atomic mass is 9.53. The van der Waals surface area contributed by atoms with Gasteiger partial charge in [0.15, 0.2) is 11.5 Å². The Morgan fingerprint density at radius 2 is 2.22 bits per heavy atom. The van der Waals surface area contributed by atoms with Crippen LogP contribution >= 0.6 is 0 Å². The van der Waals surface area contributed by atoms with E-state index < -0.39 is 6.10 Å². The van der Waals surface area contributed by atoms with E-state index in [9.17, 15) is 10.3 Å². The summed E-state index contributed by atoms with van der Waals surface area (Å²) in [6.07, 6.45) is 4.43. The van der Waals surface area contributed by atoms with Crippen molar-refractivity contribution in [3.63, 3.8) is 0 Å². The zero-order chi connectivity index (χ0) is 16.0. The van der Waals surface area contributed by atoms with E-state index in [1.165, 1.54) is 11.1 Å². The number of quaternary nitrogens is 1. The van der Waals surface area contributed by atoms with Gasteiger partial charge in [0.1, 0.15) is 12.2 Å². The summed E-state index contributed by atoms with van der Waals surface area (Å²) >= 11 is 0. The first-order valence-electron chi connectivity index (χ1n) is 8.28. The number of hydroxylamine groups is 3. The first kappa shape index (κ1) is 13.8. The van der Waals surface area contributed by atoms with Crippen LogP contribution in [-0.2, 0) is 11.8 Å². The lowest BCUT2D eigenvalue weighted by Crippen LogP contribution is -2.69. The van der Waals surface area contributed by atoms with Crippen molar-refractivity contribution in [2.24, 2.45) is 5.92 Å². The average Bonchev–Trinajstić information content (AvgIpc) is 2.88. The third-order valence-corrected chi connectivity index (χ3v) is 6.58. The standard InChI is InChI=1S/C18H21NO4/c1-19(21)8-7-18-11-4-5-13(20)17(18)23-16-14(22-2)6-3-10(15(16)18)9-12(11)19/h3-6,11-13,17,20H,7-9H2,1-2H3/t11-,12+,13-,17-,18-,19?/m0/s1. The number of methoxy groups -OCH3 is 1. The van der Waals surface area contributed by atoms with Gasteiger partial charge in [-0.3, -0.25) is 0 Å². The molecule has 0 radical (unpaired) electrons. The van der Waals surface area contributed by atoms with Crippen LogP contribution in [0.3, 0.4) is 0 Å². The summed E-state index contributed by atoms with van der Waals surface area (Å²) in [5.41, 5.74) is 2.09. The molecule has 4 aliphatic rings. The molecule has 2 aliphatic carbocycles. The summed E-state index contributed by atoms with van der Waals surface area (Å²) in [4.78, 5) is 0. The Kier molecular flexibility index (Phi) is 2.46. The summed E-state index contributed by atoms with van der Waals surface area (Å²) in [6.45, 7) is 0.567. The van der Waals surface area contributed by atoms with E-state index in [0.29, 0.717) is 6.54 Å². The quantitative estimate of drug-likeness (QED) is 0.485. The smallest absolute Gasteiger partial charge is 0.165 e. The second-order valence-corrected chi connectivity index (χ2v) is 7.53. The number of likely N-dealkylation sites (N-methyl/N-ethyl adjacent to an activating group) is 1. The molecule has 0 aromatic heterocycles. The summed E-state index contributed by atoms with van der Waals surface area (Å²) in [5, 5.41) is 23.6. The fraction of sp³-hybridized carbons (Fsp3) is 0.556. The van der Waals surface area contributed by atoms with Crippen molar-refractivity contribution in [2.45, 2.75) is 36.5 Å². The molecule has 2 bridgehead atoms. The lowest BCUT2D eigenvalue weighted by Gasteiger charge is -2.61. The van der Waals surface area contributed by atoms with Gasteiger partial charge in [0.05, 0.1) is 32.2 Å². The van der Waals surface area contributed by atoms with E-state index in [0.717, 1.165) is 24.3 Å². The topological polar surface area (TPSA) is 61.8 Å². The molecule has 0 saturated carbocycles. The highest BCUT2D eigenvalue weighted by molar-refractivity contribution is 5.61. The van der Waals surface area contributed by atoms with Crippen LogP contribution < -0.4 is 9.47 Å². The summed E-state index contributed by atoms with van der Waals surface area (Å²) < 4.78 is 11.5. The highest BCUT2D eigenvalue weighted by Crippen LogP contribution is 2.63. The van der Waals surface area contributed by atoms with E-state index in [1.807, 2.05) is 12.1 Å². The predicted octanol–water partition coefficient (Wildman–Crippen LogP) is 1.51. The molecule has 5 rings (SSSR count). The molecule has 1 fully saturated rings. The van der Waals surface area contributed by atoms with Crippen LogP contribution in [0.15, 0.2) is 24.3 Å². The molecule has 2 heterocycles. The molecule has 5 nitrogen and oxygen atoms in total. The van der Waals surface area contributed by atoms with Crippen LogP contribution in [0, 0.1) is 11.1 Å². The molecule has 1 N–H and O–H groups in total. The van der Waals surface area contributed by atoms with Crippen LogP contribution in [-0.4, -0.2) is 48.7 Å². The van der Waals surface area contributed by atoms with Gasteiger partial charge in [0.2, 0.25) is 0 Å². The average molecular weight is 315 g/mol. The van der Waals surface area contributed by atoms with E-state index >= 15 is 0 Å². The molecule has 23 heavy (non-hydrogen) atoms. The molecule has 122 valence electrons. The molecule has 1 saturated heterocycles. The molecular weight excluding hydrogens is 294 g/mol. The molecule has 6 atom stereocenters. The molecule has 1 aromatic carbocycles. The van der Waals surface area contributed by atoms with Gasteiger partial charge >= 0.3 is 0 Å². The largest absolute Gasteiger partial charge is 0.633 e. The van der Waals surface area contributed by atoms with E-state index in [1.54, 1.807) is 14.2 Å². The number of rotatable bonds is 1. The molecule has 1 unspecified atom stereocenters. The second kappa shape index (κ2) is 4.09. The Balaban J connectivity index is 1.82. The number of ether oxygens (including phenoxy) is 2. The van der Waals surface area contributed by atoms with Crippen LogP contribution in [0.4, 0.5) is 0 Å². The second-order valence-electron chi connectivity index (χ2n) is 7.53. The maximum absolute atomic E-state index is 13.0. The molecule has 2 aliphatic heterocycles. The SMILES string of the molecule is COc1ccc2c3c1O[C@H]1[C@@H](O)C=C[C@H]4[C@@H](C2)[N+](C)([O-])CC[C@@]341.